The van der Waals surface area contributed by atoms with Crippen LogP contribution in [0.15, 0.2) is 40.9 Å². The Kier molecular flexibility index (Phi) is 3.35. The van der Waals surface area contributed by atoms with Gasteiger partial charge in [-0.25, -0.2) is 0 Å². The van der Waals surface area contributed by atoms with Gasteiger partial charge in [-0.2, -0.15) is 0 Å². The molecule has 0 radical (unpaired) electrons. The number of benzene rings is 2. The first-order chi connectivity index (χ1) is 10.6. The number of hydrogen-bond acceptors (Lipinski definition) is 1. The molecule has 0 amide bonds. The highest BCUT2D eigenvalue weighted by atomic mass is 79.9. The Morgan fingerprint density at radius 1 is 1.09 bits per heavy atom. The summed E-state index contributed by atoms with van der Waals surface area (Å²) in [5.74, 6) is 0. The highest BCUT2D eigenvalue weighted by molar-refractivity contribution is 9.10. The molecular formula is C19H19BrN2. The molecule has 112 valence electrons. The molecule has 0 bridgehead atoms. The number of H-pyrrole nitrogens is 1. The minimum atomic E-state index is 0.254. The Bertz CT molecular complexity index is 846. The van der Waals surface area contributed by atoms with Crippen LogP contribution in [0, 0.1) is 13.8 Å². The van der Waals surface area contributed by atoms with Crippen molar-refractivity contribution in [3.05, 3.63) is 68.8 Å². The van der Waals surface area contributed by atoms with Gasteiger partial charge in [-0.1, -0.05) is 34.1 Å². The Morgan fingerprint density at radius 3 is 2.64 bits per heavy atom. The third-order valence-corrected chi connectivity index (χ3v) is 5.12. The number of nitrogens with one attached hydrogen (secondary N) is 2. The number of hydrogen-bond donors (Lipinski definition) is 2. The molecule has 0 spiro atoms. The summed E-state index contributed by atoms with van der Waals surface area (Å²) in [6.45, 7) is 5.41. The van der Waals surface area contributed by atoms with Crippen LogP contribution < -0.4 is 5.32 Å². The number of rotatable bonds is 1. The maximum Gasteiger partial charge on any atom is 0.0732 e. The normalized spacial score (nSPS) is 17.7. The fraction of sp³-hybridized carbons (Fsp3) is 0.263. The van der Waals surface area contributed by atoms with Crippen LogP contribution in [0.2, 0.25) is 0 Å². The van der Waals surface area contributed by atoms with Crippen molar-refractivity contribution in [2.45, 2.75) is 26.3 Å². The van der Waals surface area contributed by atoms with Crippen molar-refractivity contribution >= 4 is 26.8 Å². The van der Waals surface area contributed by atoms with E-state index in [0.717, 1.165) is 17.4 Å². The Hall–Kier alpha value is -1.58. The van der Waals surface area contributed by atoms with E-state index in [1.54, 1.807) is 0 Å². The molecular weight excluding hydrogens is 336 g/mol. The molecule has 22 heavy (non-hydrogen) atoms. The van der Waals surface area contributed by atoms with Crippen molar-refractivity contribution in [3.63, 3.8) is 0 Å². The highest BCUT2D eigenvalue weighted by Crippen LogP contribution is 2.35. The van der Waals surface area contributed by atoms with Crippen LogP contribution in [0.25, 0.3) is 10.9 Å². The average molecular weight is 355 g/mol. The molecule has 1 atom stereocenters. The monoisotopic (exact) mass is 354 g/mol. The highest BCUT2D eigenvalue weighted by Gasteiger charge is 2.25. The minimum absolute atomic E-state index is 0.254. The number of aryl methyl sites for hydroxylation is 2. The topological polar surface area (TPSA) is 27.8 Å². The largest absolute Gasteiger partial charge is 0.357 e. The van der Waals surface area contributed by atoms with E-state index in [4.69, 9.17) is 0 Å². The molecule has 1 aliphatic heterocycles. The van der Waals surface area contributed by atoms with Crippen LogP contribution in [0.5, 0.6) is 0 Å². The number of aromatic nitrogens is 1. The summed E-state index contributed by atoms with van der Waals surface area (Å²) in [4.78, 5) is 3.69. The van der Waals surface area contributed by atoms with Gasteiger partial charge in [0.1, 0.15) is 0 Å². The van der Waals surface area contributed by atoms with Gasteiger partial charge in [0.2, 0.25) is 0 Å². The maximum atomic E-state index is 3.69. The second-order valence-corrected chi connectivity index (χ2v) is 7.13. The Labute approximate surface area is 139 Å². The van der Waals surface area contributed by atoms with Crippen molar-refractivity contribution in [3.8, 4) is 0 Å². The zero-order valence-corrected chi connectivity index (χ0v) is 14.4. The lowest BCUT2D eigenvalue weighted by atomic mass is 9.93. The molecule has 0 aliphatic carbocycles. The van der Waals surface area contributed by atoms with E-state index in [1.165, 1.54) is 38.9 Å². The molecule has 2 nitrogen and oxygen atoms in total. The molecule has 0 saturated heterocycles. The lowest BCUT2D eigenvalue weighted by molar-refractivity contribution is 0.560. The first-order valence-electron chi connectivity index (χ1n) is 7.74. The third-order valence-electron chi connectivity index (χ3n) is 4.59. The molecule has 1 aliphatic rings. The van der Waals surface area contributed by atoms with E-state index in [0.29, 0.717) is 0 Å². The zero-order valence-electron chi connectivity index (χ0n) is 12.8. The molecule has 2 aromatic carbocycles. The smallest absolute Gasteiger partial charge is 0.0732 e. The van der Waals surface area contributed by atoms with Gasteiger partial charge in [0.05, 0.1) is 6.04 Å². The molecule has 4 rings (SSSR count). The van der Waals surface area contributed by atoms with E-state index in [9.17, 15) is 0 Å². The second kappa shape index (κ2) is 5.25. The van der Waals surface area contributed by atoms with Crippen molar-refractivity contribution in [1.29, 1.82) is 0 Å². The van der Waals surface area contributed by atoms with E-state index >= 15 is 0 Å². The number of halogens is 1. The predicted molar refractivity (Wildman–Crippen MR) is 95.5 cm³/mol. The van der Waals surface area contributed by atoms with Crippen LogP contribution in [-0.2, 0) is 6.42 Å². The van der Waals surface area contributed by atoms with Crippen LogP contribution in [-0.4, -0.2) is 11.5 Å². The van der Waals surface area contributed by atoms with Gasteiger partial charge in [0.15, 0.2) is 0 Å². The van der Waals surface area contributed by atoms with Gasteiger partial charge in [-0.05, 0) is 60.7 Å². The summed E-state index contributed by atoms with van der Waals surface area (Å²) >= 11 is 3.52. The minimum Gasteiger partial charge on any atom is -0.357 e. The molecule has 3 aromatic rings. The molecule has 1 aromatic heterocycles. The van der Waals surface area contributed by atoms with Crippen molar-refractivity contribution in [2.24, 2.45) is 0 Å². The fourth-order valence-corrected chi connectivity index (χ4v) is 3.98. The summed E-state index contributed by atoms with van der Waals surface area (Å²) in [5, 5.41) is 5.08. The van der Waals surface area contributed by atoms with E-state index < -0.39 is 0 Å². The maximum absolute atomic E-state index is 3.69. The van der Waals surface area contributed by atoms with E-state index in [1.807, 2.05) is 0 Å². The van der Waals surface area contributed by atoms with Gasteiger partial charge >= 0.3 is 0 Å². The standard InChI is InChI=1S/C19H19BrN2/c1-11-9-12(2)17-15-7-8-21-18(19(15)22-16(17)10-11)13-3-5-14(20)6-4-13/h3-6,9-10,18,21-22H,7-8H2,1-2H3. The second-order valence-electron chi connectivity index (χ2n) is 6.21. The van der Waals surface area contributed by atoms with E-state index in [-0.39, 0.29) is 6.04 Å². The summed E-state index contributed by atoms with van der Waals surface area (Å²) in [6.07, 6.45) is 1.09. The van der Waals surface area contributed by atoms with Crippen LogP contribution in [0.4, 0.5) is 0 Å². The van der Waals surface area contributed by atoms with Crippen LogP contribution in [0.3, 0.4) is 0 Å². The third kappa shape index (κ3) is 2.20. The molecule has 2 heterocycles. The lowest BCUT2D eigenvalue weighted by Gasteiger charge is -2.25. The summed E-state index contributed by atoms with van der Waals surface area (Å²) in [5.41, 5.74) is 8.09. The van der Waals surface area contributed by atoms with Crippen LogP contribution >= 0.6 is 15.9 Å². The average Bonchev–Trinajstić information content (AvgIpc) is 2.86. The predicted octanol–water partition coefficient (Wildman–Crippen LogP) is 4.78. The number of aromatic amines is 1. The molecule has 3 heteroatoms. The summed E-state index contributed by atoms with van der Waals surface area (Å²) < 4.78 is 1.12. The van der Waals surface area contributed by atoms with Crippen molar-refractivity contribution in [2.75, 3.05) is 6.54 Å². The van der Waals surface area contributed by atoms with E-state index in [2.05, 4.69) is 76.5 Å². The first-order valence-corrected chi connectivity index (χ1v) is 8.53. The lowest BCUT2D eigenvalue weighted by Crippen LogP contribution is -2.30. The van der Waals surface area contributed by atoms with Crippen molar-refractivity contribution in [1.82, 2.24) is 10.3 Å². The Balaban J connectivity index is 1.91. The quantitative estimate of drug-likeness (QED) is 0.646. The zero-order chi connectivity index (χ0) is 15.3. The van der Waals surface area contributed by atoms with Crippen LogP contribution in [0.1, 0.15) is 34.0 Å². The summed E-state index contributed by atoms with van der Waals surface area (Å²) in [7, 11) is 0. The van der Waals surface area contributed by atoms with Gasteiger partial charge in [-0.15, -0.1) is 0 Å². The van der Waals surface area contributed by atoms with Crippen molar-refractivity contribution < 1.29 is 0 Å². The Morgan fingerprint density at radius 2 is 1.86 bits per heavy atom. The molecule has 0 saturated carbocycles. The first kappa shape index (κ1) is 14.0. The summed E-state index contributed by atoms with van der Waals surface area (Å²) in [6, 6.07) is 13.4. The fourth-order valence-electron chi connectivity index (χ4n) is 3.71. The SMILES string of the molecule is Cc1cc(C)c2c3c([nH]c2c1)C(c1ccc(Br)cc1)NCC3. The van der Waals surface area contributed by atoms with Gasteiger partial charge in [-0.3, -0.25) is 0 Å². The van der Waals surface area contributed by atoms with Gasteiger partial charge in [0, 0.05) is 27.6 Å². The molecule has 2 N–H and O–H groups in total. The number of fused-ring (bicyclic) bond motifs is 3. The molecule has 1 unspecified atom stereocenters. The van der Waals surface area contributed by atoms with Gasteiger partial charge < -0.3 is 10.3 Å². The van der Waals surface area contributed by atoms with Gasteiger partial charge in [0.25, 0.3) is 0 Å². The molecule has 0 fully saturated rings.